The van der Waals surface area contributed by atoms with Gasteiger partial charge in [0.25, 0.3) is 0 Å². The molecule has 0 saturated heterocycles. The molecule has 1 fully saturated rings. The number of rotatable bonds is 5. The maximum atomic E-state index is 12.6. The quantitative estimate of drug-likeness (QED) is 0.780. The smallest absolute Gasteiger partial charge is 0.227 e. The van der Waals surface area contributed by atoms with E-state index in [-0.39, 0.29) is 30.5 Å². The minimum atomic E-state index is -0.0418. The Kier molecular flexibility index (Phi) is 6.09. The average Bonchev–Trinajstić information content (AvgIpc) is 2.28. The topological polar surface area (TPSA) is 66.6 Å². The molecule has 4 heteroatoms. The Balaban J connectivity index is 2.73. The molecule has 18 heavy (non-hydrogen) atoms. The van der Waals surface area contributed by atoms with Gasteiger partial charge in [-0.3, -0.25) is 4.79 Å². The molecule has 0 radical (unpaired) electrons. The van der Waals surface area contributed by atoms with E-state index in [0.717, 1.165) is 19.3 Å². The van der Waals surface area contributed by atoms with Crippen LogP contribution in [0.3, 0.4) is 0 Å². The van der Waals surface area contributed by atoms with Gasteiger partial charge in [-0.1, -0.05) is 13.3 Å². The SMILES string of the molecule is CC1CCCC(N)C1C(=O)N(CCCO)C(C)C. The molecule has 1 rings (SSSR count). The van der Waals surface area contributed by atoms with Crippen molar-refractivity contribution in [2.45, 2.75) is 58.5 Å². The highest BCUT2D eigenvalue weighted by molar-refractivity contribution is 5.80. The molecule has 0 heterocycles. The fourth-order valence-electron chi connectivity index (χ4n) is 2.94. The van der Waals surface area contributed by atoms with E-state index in [0.29, 0.717) is 18.9 Å². The number of hydrogen-bond donors (Lipinski definition) is 2. The summed E-state index contributed by atoms with van der Waals surface area (Å²) in [6, 6.07) is 0.169. The molecule has 1 amide bonds. The number of carbonyl (C=O) groups excluding carboxylic acids is 1. The monoisotopic (exact) mass is 256 g/mol. The Labute approximate surface area is 111 Å². The molecule has 0 spiro atoms. The lowest BCUT2D eigenvalue weighted by atomic mass is 9.76. The molecule has 1 aliphatic carbocycles. The zero-order valence-corrected chi connectivity index (χ0v) is 11.9. The number of aliphatic hydroxyl groups excluding tert-OH is 1. The first kappa shape index (κ1) is 15.4. The van der Waals surface area contributed by atoms with E-state index >= 15 is 0 Å². The molecule has 4 nitrogen and oxygen atoms in total. The largest absolute Gasteiger partial charge is 0.396 e. The third-order valence-corrected chi connectivity index (χ3v) is 4.02. The molecule has 106 valence electrons. The van der Waals surface area contributed by atoms with Crippen molar-refractivity contribution < 1.29 is 9.90 Å². The molecule has 1 aliphatic rings. The number of amides is 1. The first-order chi connectivity index (χ1) is 8.49. The van der Waals surface area contributed by atoms with E-state index in [1.807, 2.05) is 18.7 Å². The predicted octanol–water partition coefficient (Wildman–Crippen LogP) is 1.37. The number of hydrogen-bond acceptors (Lipinski definition) is 3. The molecular formula is C14H28N2O2. The zero-order chi connectivity index (χ0) is 13.7. The lowest BCUT2D eigenvalue weighted by molar-refractivity contribution is -0.140. The molecular weight excluding hydrogens is 228 g/mol. The lowest BCUT2D eigenvalue weighted by Crippen LogP contribution is -2.51. The van der Waals surface area contributed by atoms with Crippen LogP contribution in [0.1, 0.15) is 46.5 Å². The Morgan fingerprint density at radius 3 is 2.61 bits per heavy atom. The minimum absolute atomic E-state index is 0.00312. The Bertz CT molecular complexity index is 259. The summed E-state index contributed by atoms with van der Waals surface area (Å²) in [5, 5.41) is 8.93. The van der Waals surface area contributed by atoms with Gasteiger partial charge >= 0.3 is 0 Å². The van der Waals surface area contributed by atoms with Crippen molar-refractivity contribution in [2.24, 2.45) is 17.6 Å². The summed E-state index contributed by atoms with van der Waals surface area (Å²) >= 11 is 0. The summed E-state index contributed by atoms with van der Waals surface area (Å²) in [5.41, 5.74) is 6.14. The second-order valence-electron chi connectivity index (χ2n) is 5.80. The molecule has 0 aromatic rings. The number of carbonyl (C=O) groups is 1. The highest BCUT2D eigenvalue weighted by atomic mass is 16.3. The summed E-state index contributed by atoms with van der Waals surface area (Å²) in [5.74, 6) is 0.509. The van der Waals surface area contributed by atoms with Gasteiger partial charge in [0.15, 0.2) is 0 Å². The van der Waals surface area contributed by atoms with Crippen LogP contribution in [0.2, 0.25) is 0 Å². The van der Waals surface area contributed by atoms with Crippen LogP contribution >= 0.6 is 0 Å². The number of nitrogens with two attached hydrogens (primary N) is 1. The van der Waals surface area contributed by atoms with Crippen molar-refractivity contribution in [2.75, 3.05) is 13.2 Å². The zero-order valence-electron chi connectivity index (χ0n) is 11.9. The Hall–Kier alpha value is -0.610. The lowest BCUT2D eigenvalue weighted by Gasteiger charge is -2.38. The average molecular weight is 256 g/mol. The maximum Gasteiger partial charge on any atom is 0.227 e. The normalized spacial score (nSPS) is 28.4. The summed E-state index contributed by atoms with van der Waals surface area (Å²) in [6.45, 7) is 6.93. The predicted molar refractivity (Wildman–Crippen MR) is 73.0 cm³/mol. The van der Waals surface area contributed by atoms with Gasteiger partial charge < -0.3 is 15.7 Å². The molecule has 0 bridgehead atoms. The van der Waals surface area contributed by atoms with E-state index in [2.05, 4.69) is 6.92 Å². The van der Waals surface area contributed by atoms with E-state index < -0.39 is 0 Å². The van der Waals surface area contributed by atoms with Crippen molar-refractivity contribution in [3.05, 3.63) is 0 Å². The molecule has 3 atom stereocenters. The van der Waals surface area contributed by atoms with E-state index in [1.54, 1.807) is 0 Å². The van der Waals surface area contributed by atoms with Gasteiger partial charge in [-0.2, -0.15) is 0 Å². The van der Waals surface area contributed by atoms with Crippen LogP contribution in [-0.2, 0) is 4.79 Å². The van der Waals surface area contributed by atoms with E-state index in [4.69, 9.17) is 10.8 Å². The molecule has 3 N–H and O–H groups in total. The van der Waals surface area contributed by atoms with Crippen LogP contribution < -0.4 is 5.73 Å². The van der Waals surface area contributed by atoms with E-state index in [1.165, 1.54) is 0 Å². The third-order valence-electron chi connectivity index (χ3n) is 4.02. The van der Waals surface area contributed by atoms with Crippen LogP contribution in [-0.4, -0.2) is 41.1 Å². The van der Waals surface area contributed by atoms with Crippen molar-refractivity contribution in [3.8, 4) is 0 Å². The summed E-state index contributed by atoms with van der Waals surface area (Å²) in [4.78, 5) is 14.5. The third kappa shape index (κ3) is 3.69. The van der Waals surface area contributed by atoms with Crippen LogP contribution in [0, 0.1) is 11.8 Å². The molecule has 3 unspecified atom stereocenters. The summed E-state index contributed by atoms with van der Waals surface area (Å²) in [7, 11) is 0. The van der Waals surface area contributed by atoms with Crippen LogP contribution in [0.4, 0.5) is 0 Å². The van der Waals surface area contributed by atoms with Gasteiger partial charge in [0.2, 0.25) is 5.91 Å². The standard InChI is InChI=1S/C14H28N2O2/c1-10(2)16(8-5-9-17)14(18)13-11(3)6-4-7-12(13)15/h10-13,17H,4-9,15H2,1-3H3. The summed E-state index contributed by atoms with van der Waals surface area (Å²) in [6.07, 6.45) is 3.81. The van der Waals surface area contributed by atoms with Gasteiger partial charge in [-0.25, -0.2) is 0 Å². The van der Waals surface area contributed by atoms with Gasteiger partial charge in [0, 0.05) is 25.2 Å². The highest BCUT2D eigenvalue weighted by Gasteiger charge is 2.36. The first-order valence-corrected chi connectivity index (χ1v) is 7.16. The summed E-state index contributed by atoms with van der Waals surface area (Å²) < 4.78 is 0. The molecule has 0 aromatic heterocycles. The number of nitrogens with zero attached hydrogens (tertiary/aromatic N) is 1. The highest BCUT2D eigenvalue weighted by Crippen LogP contribution is 2.30. The fourth-order valence-corrected chi connectivity index (χ4v) is 2.94. The van der Waals surface area contributed by atoms with E-state index in [9.17, 15) is 4.79 Å². The molecule has 0 aromatic carbocycles. The maximum absolute atomic E-state index is 12.6. The van der Waals surface area contributed by atoms with Gasteiger partial charge in [-0.15, -0.1) is 0 Å². The van der Waals surface area contributed by atoms with Crippen molar-refractivity contribution >= 4 is 5.91 Å². The van der Waals surface area contributed by atoms with Crippen LogP contribution in [0.5, 0.6) is 0 Å². The Morgan fingerprint density at radius 2 is 2.11 bits per heavy atom. The second-order valence-corrected chi connectivity index (χ2v) is 5.80. The molecule has 1 saturated carbocycles. The fraction of sp³-hybridized carbons (Fsp3) is 0.929. The van der Waals surface area contributed by atoms with Crippen molar-refractivity contribution in [3.63, 3.8) is 0 Å². The van der Waals surface area contributed by atoms with Gasteiger partial charge in [0.05, 0.1) is 5.92 Å². The van der Waals surface area contributed by atoms with Crippen LogP contribution in [0.25, 0.3) is 0 Å². The molecule has 0 aliphatic heterocycles. The number of aliphatic hydroxyl groups is 1. The van der Waals surface area contributed by atoms with Crippen LogP contribution in [0.15, 0.2) is 0 Å². The van der Waals surface area contributed by atoms with Crippen molar-refractivity contribution in [1.82, 2.24) is 4.90 Å². The second kappa shape index (κ2) is 7.10. The Morgan fingerprint density at radius 1 is 1.44 bits per heavy atom. The minimum Gasteiger partial charge on any atom is -0.396 e. The van der Waals surface area contributed by atoms with Crippen molar-refractivity contribution in [1.29, 1.82) is 0 Å². The van der Waals surface area contributed by atoms with Gasteiger partial charge in [0.1, 0.15) is 0 Å². The van der Waals surface area contributed by atoms with Gasteiger partial charge in [-0.05, 0) is 39.0 Å². The first-order valence-electron chi connectivity index (χ1n) is 7.16.